The van der Waals surface area contributed by atoms with Gasteiger partial charge in [-0.25, -0.2) is 23.1 Å². The predicted molar refractivity (Wildman–Crippen MR) is 103 cm³/mol. The molecule has 1 saturated heterocycles. The van der Waals surface area contributed by atoms with E-state index in [0.717, 1.165) is 0 Å². The van der Waals surface area contributed by atoms with E-state index in [2.05, 4.69) is 20.3 Å². The van der Waals surface area contributed by atoms with Gasteiger partial charge in [0, 0.05) is 44.9 Å². The average Bonchev–Trinajstić information content (AvgIpc) is 3.17. The largest absolute Gasteiger partial charge is 0.352 e. The van der Waals surface area contributed by atoms with Gasteiger partial charge in [0.15, 0.2) is 17.0 Å². The number of benzene rings is 1. The van der Waals surface area contributed by atoms with E-state index in [1.54, 1.807) is 4.68 Å². The highest BCUT2D eigenvalue weighted by Crippen LogP contribution is 2.24. The fourth-order valence-electron chi connectivity index (χ4n) is 3.25. The van der Waals surface area contributed by atoms with Crippen LogP contribution < -0.4 is 4.90 Å². The quantitative estimate of drug-likeness (QED) is 0.431. The van der Waals surface area contributed by atoms with E-state index >= 15 is 0 Å². The van der Waals surface area contributed by atoms with Crippen LogP contribution in [-0.2, 0) is 16.6 Å². The van der Waals surface area contributed by atoms with E-state index in [0.29, 0.717) is 36.6 Å². The molecule has 0 unspecified atom stereocenters. The molecule has 0 aliphatic carbocycles. The van der Waals surface area contributed by atoms with Crippen LogP contribution in [0, 0.1) is 10.1 Å². The van der Waals surface area contributed by atoms with E-state index < -0.39 is 14.9 Å². The summed E-state index contributed by atoms with van der Waals surface area (Å²) >= 11 is 0. The first-order valence-electron chi connectivity index (χ1n) is 8.95. The smallest absolute Gasteiger partial charge is 0.269 e. The summed E-state index contributed by atoms with van der Waals surface area (Å²) < 4.78 is 28.7. The molecule has 4 rings (SSSR count). The SMILES string of the molecule is CCn1nnc2c(N3CCN(S(=O)(=O)c4ccc([N+](=O)[O-])cc4)CC3)ncnc21. The van der Waals surface area contributed by atoms with Crippen LogP contribution in [0.2, 0.25) is 0 Å². The number of hydrogen-bond acceptors (Lipinski definition) is 9. The molecular formula is C16H18N8O4S. The fourth-order valence-corrected chi connectivity index (χ4v) is 4.68. The zero-order valence-electron chi connectivity index (χ0n) is 15.5. The van der Waals surface area contributed by atoms with Crippen molar-refractivity contribution in [3.63, 3.8) is 0 Å². The topological polar surface area (TPSA) is 140 Å². The highest BCUT2D eigenvalue weighted by atomic mass is 32.2. The van der Waals surface area contributed by atoms with Crippen LogP contribution in [0.15, 0.2) is 35.5 Å². The van der Waals surface area contributed by atoms with E-state index in [9.17, 15) is 18.5 Å². The molecule has 2 aromatic heterocycles. The summed E-state index contributed by atoms with van der Waals surface area (Å²) in [6.07, 6.45) is 1.45. The first-order valence-corrected chi connectivity index (χ1v) is 10.4. The highest BCUT2D eigenvalue weighted by Gasteiger charge is 2.30. The number of piperazine rings is 1. The van der Waals surface area contributed by atoms with Crippen molar-refractivity contribution in [2.45, 2.75) is 18.4 Å². The van der Waals surface area contributed by atoms with Crippen molar-refractivity contribution < 1.29 is 13.3 Å². The van der Waals surface area contributed by atoms with Gasteiger partial charge in [0.2, 0.25) is 10.0 Å². The molecular weight excluding hydrogens is 400 g/mol. The second-order valence-corrected chi connectivity index (χ2v) is 8.35. The lowest BCUT2D eigenvalue weighted by Crippen LogP contribution is -2.49. The van der Waals surface area contributed by atoms with Crippen molar-refractivity contribution in [1.82, 2.24) is 29.3 Å². The van der Waals surface area contributed by atoms with E-state index in [1.165, 1.54) is 34.9 Å². The molecule has 0 spiro atoms. The molecule has 13 heteroatoms. The number of rotatable bonds is 5. The Morgan fingerprint density at radius 1 is 1.10 bits per heavy atom. The normalized spacial score (nSPS) is 15.7. The van der Waals surface area contributed by atoms with Crippen LogP contribution in [0.1, 0.15) is 6.92 Å². The summed E-state index contributed by atoms with van der Waals surface area (Å²) in [6.45, 7) is 3.94. The molecule has 12 nitrogen and oxygen atoms in total. The molecule has 0 amide bonds. The van der Waals surface area contributed by atoms with Crippen LogP contribution in [0.5, 0.6) is 0 Å². The number of fused-ring (bicyclic) bond motifs is 1. The van der Waals surface area contributed by atoms with E-state index in [-0.39, 0.29) is 23.7 Å². The third kappa shape index (κ3) is 3.38. The van der Waals surface area contributed by atoms with Crippen molar-refractivity contribution in [3.8, 4) is 0 Å². The number of hydrogen-bond donors (Lipinski definition) is 0. The van der Waals surface area contributed by atoms with Gasteiger partial charge < -0.3 is 4.90 Å². The number of aromatic nitrogens is 5. The van der Waals surface area contributed by atoms with Crippen molar-refractivity contribution in [2.24, 2.45) is 0 Å². The van der Waals surface area contributed by atoms with E-state index in [4.69, 9.17) is 0 Å². The number of nitrogens with zero attached hydrogens (tertiary/aromatic N) is 8. The fraction of sp³-hybridized carbons (Fsp3) is 0.375. The Hall–Kier alpha value is -3.19. The Labute approximate surface area is 166 Å². The summed E-state index contributed by atoms with van der Waals surface area (Å²) in [7, 11) is -3.73. The first-order chi connectivity index (χ1) is 13.9. The van der Waals surface area contributed by atoms with Gasteiger partial charge in [-0.2, -0.15) is 4.31 Å². The summed E-state index contributed by atoms with van der Waals surface area (Å²) in [5.74, 6) is 0.627. The molecule has 1 aromatic carbocycles. The van der Waals surface area contributed by atoms with Crippen molar-refractivity contribution in [2.75, 3.05) is 31.1 Å². The number of non-ortho nitro benzene ring substituents is 1. The molecule has 3 aromatic rings. The lowest BCUT2D eigenvalue weighted by Gasteiger charge is -2.34. The van der Waals surface area contributed by atoms with Crippen molar-refractivity contribution >= 4 is 32.7 Å². The minimum Gasteiger partial charge on any atom is -0.352 e. The zero-order chi connectivity index (χ0) is 20.6. The molecule has 0 saturated carbocycles. The summed E-state index contributed by atoms with van der Waals surface area (Å²) in [5, 5.41) is 19.0. The van der Waals surface area contributed by atoms with Gasteiger partial charge in [0.1, 0.15) is 6.33 Å². The monoisotopic (exact) mass is 418 g/mol. The number of sulfonamides is 1. The predicted octanol–water partition coefficient (Wildman–Crippen LogP) is 0.660. The highest BCUT2D eigenvalue weighted by molar-refractivity contribution is 7.89. The average molecular weight is 418 g/mol. The van der Waals surface area contributed by atoms with Gasteiger partial charge in [-0.3, -0.25) is 10.1 Å². The molecule has 0 atom stereocenters. The van der Waals surface area contributed by atoms with Crippen LogP contribution >= 0.6 is 0 Å². The van der Waals surface area contributed by atoms with Gasteiger partial charge in [-0.15, -0.1) is 5.10 Å². The van der Waals surface area contributed by atoms with Crippen LogP contribution in [-0.4, -0.2) is 68.8 Å². The zero-order valence-corrected chi connectivity index (χ0v) is 16.4. The molecule has 3 heterocycles. The van der Waals surface area contributed by atoms with Gasteiger partial charge in [0.05, 0.1) is 9.82 Å². The van der Waals surface area contributed by atoms with Gasteiger partial charge in [-0.1, -0.05) is 5.21 Å². The maximum absolute atomic E-state index is 12.9. The third-order valence-corrected chi connectivity index (χ3v) is 6.72. The molecule has 29 heavy (non-hydrogen) atoms. The minimum atomic E-state index is -3.73. The Balaban J connectivity index is 1.52. The molecule has 1 fully saturated rings. The first kappa shape index (κ1) is 19.1. The molecule has 0 N–H and O–H groups in total. The Morgan fingerprint density at radius 2 is 1.79 bits per heavy atom. The molecule has 0 radical (unpaired) electrons. The standard InChI is InChI=1S/C16H18N8O4S/c1-2-23-16-14(19-20-23)15(17-11-18-16)21-7-9-22(10-8-21)29(27,28)13-5-3-12(4-6-13)24(25)26/h3-6,11H,2,7-10H2,1H3. The van der Waals surface area contributed by atoms with Gasteiger partial charge in [0.25, 0.3) is 5.69 Å². The number of nitro groups is 1. The van der Waals surface area contributed by atoms with Crippen molar-refractivity contribution in [1.29, 1.82) is 0 Å². The van der Waals surface area contributed by atoms with Gasteiger partial charge >= 0.3 is 0 Å². The Kier molecular flexibility index (Phi) is 4.84. The Morgan fingerprint density at radius 3 is 2.41 bits per heavy atom. The second kappa shape index (κ2) is 7.33. The number of nitro benzene ring substituents is 1. The minimum absolute atomic E-state index is 0.0341. The summed E-state index contributed by atoms with van der Waals surface area (Å²) in [5.41, 5.74) is 1.07. The van der Waals surface area contributed by atoms with Crippen LogP contribution in [0.3, 0.4) is 0 Å². The molecule has 152 valence electrons. The summed E-state index contributed by atoms with van der Waals surface area (Å²) in [6, 6.07) is 4.91. The number of anilines is 1. The molecule has 1 aliphatic rings. The Bertz CT molecular complexity index is 1150. The van der Waals surface area contributed by atoms with E-state index in [1.807, 2.05) is 11.8 Å². The maximum atomic E-state index is 12.9. The van der Waals surface area contributed by atoms with Crippen LogP contribution in [0.4, 0.5) is 11.5 Å². The second-order valence-electron chi connectivity index (χ2n) is 6.42. The van der Waals surface area contributed by atoms with Crippen LogP contribution in [0.25, 0.3) is 11.2 Å². The lowest BCUT2D eigenvalue weighted by atomic mass is 10.3. The summed E-state index contributed by atoms with van der Waals surface area (Å²) in [4.78, 5) is 20.7. The van der Waals surface area contributed by atoms with Crippen molar-refractivity contribution in [3.05, 3.63) is 40.7 Å². The molecule has 1 aliphatic heterocycles. The third-order valence-electron chi connectivity index (χ3n) is 4.80. The maximum Gasteiger partial charge on any atom is 0.269 e. The lowest BCUT2D eigenvalue weighted by molar-refractivity contribution is -0.384. The molecule has 0 bridgehead atoms. The number of aryl methyl sites for hydroxylation is 1. The van der Waals surface area contributed by atoms with Gasteiger partial charge in [-0.05, 0) is 19.1 Å².